The van der Waals surface area contributed by atoms with Crippen molar-refractivity contribution in [2.45, 2.75) is 71.2 Å². The predicted molar refractivity (Wildman–Crippen MR) is 101 cm³/mol. The van der Waals surface area contributed by atoms with Gasteiger partial charge in [-0.3, -0.25) is 10.1 Å². The van der Waals surface area contributed by atoms with Crippen molar-refractivity contribution in [1.82, 2.24) is 34.5 Å². The lowest BCUT2D eigenvalue weighted by molar-refractivity contribution is -0.134. The van der Waals surface area contributed by atoms with E-state index in [9.17, 15) is 4.79 Å². The van der Waals surface area contributed by atoms with Gasteiger partial charge >= 0.3 is 0 Å². The van der Waals surface area contributed by atoms with Crippen LogP contribution in [0.2, 0.25) is 0 Å². The molecule has 0 aliphatic carbocycles. The smallest absolute Gasteiger partial charge is 0.240 e. The number of aromatic nitrogens is 5. The average molecular weight is 371 g/mol. The van der Waals surface area contributed by atoms with Gasteiger partial charge in [0.2, 0.25) is 5.91 Å². The molecular formula is C19H29N7O. The fourth-order valence-electron chi connectivity index (χ4n) is 4.19. The van der Waals surface area contributed by atoms with E-state index < -0.39 is 0 Å². The minimum Gasteiger partial charge on any atom is -0.337 e. The van der Waals surface area contributed by atoms with Crippen LogP contribution in [0.5, 0.6) is 0 Å². The van der Waals surface area contributed by atoms with Gasteiger partial charge in [0.15, 0.2) is 5.82 Å². The first kappa shape index (κ1) is 18.2. The highest BCUT2D eigenvalue weighted by atomic mass is 16.2. The van der Waals surface area contributed by atoms with E-state index in [1.165, 1.54) is 0 Å². The Kier molecular flexibility index (Phi) is 4.99. The number of imidazole rings is 1. The van der Waals surface area contributed by atoms with Crippen molar-refractivity contribution in [2.24, 2.45) is 5.92 Å². The molecule has 146 valence electrons. The van der Waals surface area contributed by atoms with Crippen LogP contribution < -0.4 is 5.32 Å². The molecular weight excluding hydrogens is 342 g/mol. The molecule has 4 rings (SSSR count). The highest BCUT2D eigenvalue weighted by Crippen LogP contribution is 2.25. The molecule has 8 heteroatoms. The lowest BCUT2D eigenvalue weighted by Gasteiger charge is -2.32. The Bertz CT molecular complexity index is 809. The van der Waals surface area contributed by atoms with Crippen LogP contribution in [0.25, 0.3) is 0 Å². The van der Waals surface area contributed by atoms with Gasteiger partial charge in [-0.1, -0.05) is 13.8 Å². The van der Waals surface area contributed by atoms with Gasteiger partial charge in [0.05, 0.1) is 18.6 Å². The molecule has 0 fully saturated rings. The van der Waals surface area contributed by atoms with Gasteiger partial charge in [-0.2, -0.15) is 0 Å². The van der Waals surface area contributed by atoms with Gasteiger partial charge in [-0.05, 0) is 25.2 Å². The van der Waals surface area contributed by atoms with Crippen molar-refractivity contribution in [3.8, 4) is 0 Å². The van der Waals surface area contributed by atoms with Crippen LogP contribution in [0.4, 0.5) is 0 Å². The maximum atomic E-state index is 13.2. The Hall–Kier alpha value is -2.22. The molecule has 0 spiro atoms. The van der Waals surface area contributed by atoms with Crippen LogP contribution in [0.1, 0.15) is 56.6 Å². The summed E-state index contributed by atoms with van der Waals surface area (Å²) >= 11 is 0. The van der Waals surface area contributed by atoms with E-state index in [4.69, 9.17) is 0 Å². The molecule has 0 aromatic carbocycles. The van der Waals surface area contributed by atoms with E-state index in [2.05, 4.69) is 43.5 Å². The van der Waals surface area contributed by atoms with Crippen molar-refractivity contribution in [1.29, 1.82) is 0 Å². The first-order chi connectivity index (χ1) is 13.0. The van der Waals surface area contributed by atoms with E-state index in [0.29, 0.717) is 6.54 Å². The zero-order valence-electron chi connectivity index (χ0n) is 16.4. The quantitative estimate of drug-likeness (QED) is 0.833. The fraction of sp³-hybridized carbons (Fsp3) is 0.684. The number of aryl methyl sites for hydroxylation is 2. The summed E-state index contributed by atoms with van der Waals surface area (Å²) in [5, 5.41) is 12.1. The van der Waals surface area contributed by atoms with E-state index in [0.717, 1.165) is 56.2 Å². The number of carbonyl (C=O) groups excluding carboxylic acids is 1. The number of carbonyl (C=O) groups is 1. The van der Waals surface area contributed by atoms with Gasteiger partial charge in [-0.15, -0.1) is 10.2 Å². The number of nitrogens with zero attached hydrogens (tertiary/aromatic N) is 6. The van der Waals surface area contributed by atoms with Crippen LogP contribution in [0, 0.1) is 5.92 Å². The molecule has 27 heavy (non-hydrogen) atoms. The first-order valence-corrected chi connectivity index (χ1v) is 9.97. The van der Waals surface area contributed by atoms with E-state index in [1.54, 1.807) is 4.90 Å². The summed E-state index contributed by atoms with van der Waals surface area (Å²) in [5.74, 6) is 3.25. The van der Waals surface area contributed by atoms with Gasteiger partial charge in [0.1, 0.15) is 11.6 Å². The van der Waals surface area contributed by atoms with E-state index in [-0.39, 0.29) is 23.9 Å². The molecule has 2 atom stereocenters. The molecule has 1 N–H and O–H groups in total. The summed E-state index contributed by atoms with van der Waals surface area (Å²) in [7, 11) is 1.86. The lowest BCUT2D eigenvalue weighted by Crippen LogP contribution is -2.50. The summed E-state index contributed by atoms with van der Waals surface area (Å²) in [6.07, 6.45) is 8.07. The average Bonchev–Trinajstić information content (AvgIpc) is 3.36. The SMILES string of the molecule is CC(C)C(NC1CCCn2ccnc21)C(=O)N(C)Cc1nnc2n1CCC2. The Labute approximate surface area is 160 Å². The minimum atomic E-state index is -0.246. The molecule has 0 saturated carbocycles. The number of hydrogen-bond acceptors (Lipinski definition) is 5. The Morgan fingerprint density at radius 2 is 2.19 bits per heavy atom. The second kappa shape index (κ2) is 7.42. The Morgan fingerprint density at radius 1 is 1.33 bits per heavy atom. The van der Waals surface area contributed by atoms with Crippen LogP contribution in [0.15, 0.2) is 12.4 Å². The largest absolute Gasteiger partial charge is 0.337 e. The highest BCUT2D eigenvalue weighted by Gasteiger charge is 2.31. The summed E-state index contributed by atoms with van der Waals surface area (Å²) < 4.78 is 4.34. The van der Waals surface area contributed by atoms with Crippen molar-refractivity contribution in [3.05, 3.63) is 29.9 Å². The van der Waals surface area contributed by atoms with Crippen LogP contribution in [0.3, 0.4) is 0 Å². The predicted octanol–water partition coefficient (Wildman–Crippen LogP) is 1.53. The van der Waals surface area contributed by atoms with Gasteiger partial charge in [0.25, 0.3) is 0 Å². The standard InChI is InChI=1S/C19H29N7O/c1-13(2)17(21-14-6-4-9-25-11-8-20-18(14)25)19(27)24(3)12-16-23-22-15-7-5-10-26(15)16/h8,11,13-14,17,21H,4-7,9-10,12H2,1-3H3. The maximum absolute atomic E-state index is 13.2. The first-order valence-electron chi connectivity index (χ1n) is 9.97. The Morgan fingerprint density at radius 3 is 3.00 bits per heavy atom. The topological polar surface area (TPSA) is 80.9 Å². The Balaban J connectivity index is 1.46. The number of nitrogens with one attached hydrogen (secondary N) is 1. The molecule has 1 amide bonds. The van der Waals surface area contributed by atoms with Crippen LogP contribution >= 0.6 is 0 Å². The third kappa shape index (κ3) is 3.50. The highest BCUT2D eigenvalue weighted by molar-refractivity contribution is 5.82. The third-order valence-electron chi connectivity index (χ3n) is 5.71. The van der Waals surface area contributed by atoms with Crippen LogP contribution in [-0.4, -0.2) is 48.2 Å². The molecule has 2 unspecified atom stereocenters. The molecule has 2 aliphatic heterocycles. The molecule has 2 aliphatic rings. The summed E-state index contributed by atoms with van der Waals surface area (Å²) in [6, 6.07) is -0.125. The lowest BCUT2D eigenvalue weighted by atomic mass is 9.99. The zero-order chi connectivity index (χ0) is 19.0. The van der Waals surface area contributed by atoms with Gasteiger partial charge in [0, 0.05) is 39.0 Å². The molecule has 2 aromatic rings. The molecule has 0 radical (unpaired) electrons. The second-order valence-corrected chi connectivity index (χ2v) is 8.04. The summed E-state index contributed by atoms with van der Waals surface area (Å²) in [5.41, 5.74) is 0. The number of amides is 1. The minimum absolute atomic E-state index is 0.101. The maximum Gasteiger partial charge on any atom is 0.240 e. The van der Waals surface area contributed by atoms with E-state index in [1.807, 2.05) is 19.4 Å². The molecule has 0 bridgehead atoms. The van der Waals surface area contributed by atoms with Crippen molar-refractivity contribution >= 4 is 5.91 Å². The third-order valence-corrected chi connectivity index (χ3v) is 5.71. The van der Waals surface area contributed by atoms with Crippen molar-refractivity contribution in [2.75, 3.05) is 7.05 Å². The molecule has 2 aromatic heterocycles. The number of hydrogen-bond donors (Lipinski definition) is 1. The second-order valence-electron chi connectivity index (χ2n) is 8.04. The normalized spacial score (nSPS) is 19.8. The van der Waals surface area contributed by atoms with Gasteiger partial charge < -0.3 is 14.0 Å². The summed E-state index contributed by atoms with van der Waals surface area (Å²) in [4.78, 5) is 19.5. The monoisotopic (exact) mass is 371 g/mol. The summed E-state index contributed by atoms with van der Waals surface area (Å²) in [6.45, 7) is 6.64. The van der Waals surface area contributed by atoms with Crippen molar-refractivity contribution in [3.63, 3.8) is 0 Å². The molecule has 8 nitrogen and oxygen atoms in total. The number of rotatable bonds is 6. The number of likely N-dealkylation sites (N-methyl/N-ethyl adjacent to an activating group) is 1. The van der Waals surface area contributed by atoms with Crippen LogP contribution in [-0.2, 0) is 30.8 Å². The van der Waals surface area contributed by atoms with E-state index >= 15 is 0 Å². The van der Waals surface area contributed by atoms with Crippen molar-refractivity contribution < 1.29 is 4.79 Å². The number of fused-ring (bicyclic) bond motifs is 2. The van der Waals surface area contributed by atoms with Gasteiger partial charge in [-0.25, -0.2) is 4.98 Å². The zero-order valence-corrected chi connectivity index (χ0v) is 16.4. The fourth-order valence-corrected chi connectivity index (χ4v) is 4.19. The molecule has 4 heterocycles. The molecule has 0 saturated heterocycles.